The van der Waals surface area contributed by atoms with Gasteiger partial charge in [-0.2, -0.15) is 0 Å². The van der Waals surface area contributed by atoms with Gasteiger partial charge in [0.1, 0.15) is 11.6 Å². The van der Waals surface area contributed by atoms with Crippen LogP contribution in [0.3, 0.4) is 0 Å². The zero-order valence-corrected chi connectivity index (χ0v) is 29.0. The lowest BCUT2D eigenvalue weighted by Crippen LogP contribution is -2.19. The predicted molar refractivity (Wildman–Crippen MR) is 199 cm³/mol. The molecule has 0 bridgehead atoms. The van der Waals surface area contributed by atoms with Crippen molar-refractivity contribution in [1.82, 2.24) is 10.3 Å². The zero-order valence-electron chi connectivity index (χ0n) is 29.0. The second-order valence-corrected chi connectivity index (χ2v) is 12.8. The number of carbonyl (C=O) groups excluding carboxylic acids is 2. The number of nitrogens with zero attached hydrogens (tertiary/aromatic N) is 1. The number of pyridine rings is 1. The highest BCUT2D eigenvalue weighted by Gasteiger charge is 2.14. The maximum Gasteiger partial charge on any atom is 0.163 e. The summed E-state index contributed by atoms with van der Waals surface area (Å²) in [5.41, 5.74) is 12.3. The monoisotopic (exact) mass is 661 g/mol. The molecule has 258 valence electrons. The van der Waals surface area contributed by atoms with Gasteiger partial charge in [-0.25, -0.2) is 4.98 Å². The minimum Gasteiger partial charge on any atom is -0.504 e. The van der Waals surface area contributed by atoms with E-state index in [1.807, 2.05) is 37.4 Å². The summed E-state index contributed by atoms with van der Waals surface area (Å²) in [6.07, 6.45) is 13.5. The van der Waals surface area contributed by atoms with Crippen LogP contribution in [-0.4, -0.2) is 42.4 Å². The van der Waals surface area contributed by atoms with Crippen LogP contribution in [-0.2, 0) is 35.3 Å². The van der Waals surface area contributed by atoms with Crippen molar-refractivity contribution in [3.05, 3.63) is 125 Å². The molecule has 0 spiro atoms. The van der Waals surface area contributed by atoms with Gasteiger partial charge in [0.25, 0.3) is 0 Å². The molecule has 1 atom stereocenters. The van der Waals surface area contributed by atoms with Gasteiger partial charge in [-0.3, -0.25) is 9.59 Å². The van der Waals surface area contributed by atoms with Crippen molar-refractivity contribution in [2.45, 2.75) is 70.6 Å². The molecule has 0 saturated carbocycles. The average Bonchev–Trinajstić information content (AvgIpc) is 3.11. The van der Waals surface area contributed by atoms with Crippen LogP contribution >= 0.6 is 0 Å². The summed E-state index contributed by atoms with van der Waals surface area (Å²) in [5.74, 6) is 1.10. The van der Waals surface area contributed by atoms with E-state index in [1.54, 1.807) is 24.4 Å². The number of nitrogens with two attached hydrogens (primary N) is 1. The summed E-state index contributed by atoms with van der Waals surface area (Å²) in [6.45, 7) is 0.994. The van der Waals surface area contributed by atoms with Crippen molar-refractivity contribution in [1.29, 1.82) is 0 Å². The molecule has 0 fully saturated rings. The van der Waals surface area contributed by atoms with Crippen LogP contribution in [0.15, 0.2) is 91.1 Å². The van der Waals surface area contributed by atoms with Crippen LogP contribution in [0.4, 0.5) is 5.82 Å². The number of ether oxygens (including phenoxy) is 1. The summed E-state index contributed by atoms with van der Waals surface area (Å²) in [4.78, 5) is 29.9. The number of carbonyl (C=O) groups is 2. The van der Waals surface area contributed by atoms with Gasteiger partial charge in [0.15, 0.2) is 17.3 Å². The number of hydrogen-bond acceptors (Lipinski definition) is 7. The molecule has 1 aromatic heterocycles. The van der Waals surface area contributed by atoms with E-state index in [4.69, 9.17) is 10.5 Å². The number of allylic oxidation sites excluding steroid dienone is 1. The second kappa shape index (κ2) is 19.9. The van der Waals surface area contributed by atoms with Gasteiger partial charge in [-0.15, -0.1) is 0 Å². The lowest BCUT2D eigenvalue weighted by Gasteiger charge is -2.16. The van der Waals surface area contributed by atoms with Gasteiger partial charge in [0, 0.05) is 12.6 Å². The summed E-state index contributed by atoms with van der Waals surface area (Å²) >= 11 is 0. The topological polar surface area (TPSA) is 115 Å². The molecule has 7 heteroatoms. The first kappa shape index (κ1) is 37.1. The van der Waals surface area contributed by atoms with Crippen LogP contribution in [0.25, 0.3) is 6.08 Å². The third kappa shape index (κ3) is 12.7. The predicted octanol–water partition coefficient (Wildman–Crippen LogP) is 7.71. The number of aryl methyl sites for hydroxylation is 3. The number of nitrogen functional groups attached to an aromatic ring is 1. The normalized spacial score (nSPS) is 11.9. The summed E-state index contributed by atoms with van der Waals surface area (Å²) < 4.78 is 5.36. The number of Topliss-reactive ketones (excluding diaryl/α,β-unsaturated/α-hetero) is 1. The highest BCUT2D eigenvalue weighted by molar-refractivity contribution is 6.06. The first-order chi connectivity index (χ1) is 23.8. The number of phenols is 1. The average molecular weight is 662 g/mol. The molecule has 0 aliphatic rings. The number of unbranched alkanes of at least 4 members (excludes halogenated alkanes) is 2. The molecule has 7 nitrogen and oxygen atoms in total. The fraction of sp³-hybridized carbons (Fsp3) is 0.357. The summed E-state index contributed by atoms with van der Waals surface area (Å²) in [6, 6.07) is 26.1. The van der Waals surface area contributed by atoms with Crippen molar-refractivity contribution in [3.8, 4) is 11.5 Å². The van der Waals surface area contributed by atoms with Gasteiger partial charge < -0.3 is 20.9 Å². The third-order valence-corrected chi connectivity index (χ3v) is 9.02. The fourth-order valence-corrected chi connectivity index (χ4v) is 6.27. The molecule has 4 aromatic rings. The Morgan fingerprint density at radius 3 is 2.29 bits per heavy atom. The Bertz CT molecular complexity index is 1650. The van der Waals surface area contributed by atoms with Crippen molar-refractivity contribution < 1.29 is 19.4 Å². The van der Waals surface area contributed by atoms with E-state index >= 15 is 0 Å². The number of anilines is 1. The highest BCUT2D eigenvalue weighted by atomic mass is 16.5. The van der Waals surface area contributed by atoms with Crippen molar-refractivity contribution in [2.24, 2.45) is 5.92 Å². The number of aromatic hydroxyl groups is 1. The standard InChI is InChI=1S/C42H51N3O4/c1-44-29-33(19-18-31-12-6-3-7-13-31)16-10-5-11-17-38(46)28-39(47)23-22-34-26-41(49-2)40(48)25-36(34)24-37-30-45-42(43)27-35(37)21-20-32-14-8-4-9-15-32/h3-4,6-9,12-15,22-23,25-27,30,33,44,48H,5,10-11,16-21,24,28-29H2,1-2H3,(H2,43,45)/b23-22+/t33-/m1/s1. The zero-order chi connectivity index (χ0) is 34.8. The van der Waals surface area contributed by atoms with Crippen LogP contribution in [0.1, 0.15) is 78.3 Å². The van der Waals surface area contributed by atoms with Gasteiger partial charge in [-0.1, -0.05) is 79.6 Å². The van der Waals surface area contributed by atoms with Gasteiger partial charge in [-0.05, 0) is 122 Å². The Labute approximate surface area is 291 Å². The lowest BCUT2D eigenvalue weighted by atomic mass is 9.93. The van der Waals surface area contributed by atoms with E-state index in [0.717, 1.165) is 80.2 Å². The van der Waals surface area contributed by atoms with E-state index in [1.165, 1.54) is 24.3 Å². The molecule has 4 rings (SSSR count). The summed E-state index contributed by atoms with van der Waals surface area (Å²) in [7, 11) is 3.49. The molecule has 0 saturated heterocycles. The first-order valence-electron chi connectivity index (χ1n) is 17.4. The number of ketones is 2. The van der Waals surface area contributed by atoms with E-state index in [2.05, 4.69) is 46.7 Å². The molecule has 4 N–H and O–H groups in total. The number of methoxy groups -OCH3 is 1. The van der Waals surface area contributed by atoms with E-state index in [0.29, 0.717) is 30.3 Å². The second-order valence-electron chi connectivity index (χ2n) is 12.8. The maximum absolute atomic E-state index is 12.8. The largest absolute Gasteiger partial charge is 0.504 e. The van der Waals surface area contributed by atoms with Crippen molar-refractivity contribution in [2.75, 3.05) is 26.4 Å². The minimum atomic E-state index is -0.240. The van der Waals surface area contributed by atoms with E-state index < -0.39 is 0 Å². The smallest absolute Gasteiger partial charge is 0.163 e. The minimum absolute atomic E-state index is 0.0128. The van der Waals surface area contributed by atoms with Crippen LogP contribution in [0, 0.1) is 5.92 Å². The number of aromatic nitrogens is 1. The van der Waals surface area contributed by atoms with Gasteiger partial charge in [0.05, 0.1) is 13.5 Å². The quantitative estimate of drug-likeness (QED) is 0.0476. The van der Waals surface area contributed by atoms with Crippen LogP contribution in [0.5, 0.6) is 11.5 Å². The third-order valence-electron chi connectivity index (χ3n) is 9.02. The Kier molecular flexibility index (Phi) is 15.1. The molecule has 0 amide bonds. The molecular formula is C42H51N3O4. The number of phenolic OH excluding ortho intramolecular Hbond substituents is 1. The molecule has 3 aromatic carbocycles. The molecule has 0 aliphatic heterocycles. The maximum atomic E-state index is 12.8. The molecule has 0 aliphatic carbocycles. The molecular weight excluding hydrogens is 610 g/mol. The fourth-order valence-electron chi connectivity index (χ4n) is 6.27. The lowest BCUT2D eigenvalue weighted by molar-refractivity contribution is -0.124. The number of benzene rings is 3. The molecule has 0 radical (unpaired) electrons. The first-order valence-corrected chi connectivity index (χ1v) is 17.4. The number of rotatable bonds is 21. The van der Waals surface area contributed by atoms with Crippen molar-refractivity contribution >= 4 is 23.5 Å². The van der Waals surface area contributed by atoms with E-state index in [-0.39, 0.29) is 23.7 Å². The van der Waals surface area contributed by atoms with Crippen LogP contribution < -0.4 is 15.8 Å². The Balaban J connectivity index is 1.30. The molecule has 0 unspecified atom stereocenters. The highest BCUT2D eigenvalue weighted by Crippen LogP contribution is 2.32. The Morgan fingerprint density at radius 1 is 0.878 bits per heavy atom. The number of hydrogen-bond donors (Lipinski definition) is 3. The Hall–Kier alpha value is -4.75. The summed E-state index contributed by atoms with van der Waals surface area (Å²) in [5, 5.41) is 13.9. The van der Waals surface area contributed by atoms with Gasteiger partial charge >= 0.3 is 0 Å². The van der Waals surface area contributed by atoms with E-state index in [9.17, 15) is 14.7 Å². The van der Waals surface area contributed by atoms with Gasteiger partial charge in [0.2, 0.25) is 0 Å². The molecule has 49 heavy (non-hydrogen) atoms. The number of nitrogens with one attached hydrogen (secondary N) is 1. The SMILES string of the molecule is CNC[C@H](CCCCCC(=O)CC(=O)/C=C/c1cc(OC)c(O)cc1Cc1cnc(N)cc1CCc1ccccc1)CCc1ccccc1. The van der Waals surface area contributed by atoms with Crippen molar-refractivity contribution in [3.63, 3.8) is 0 Å². The molecule has 1 heterocycles. The van der Waals surface area contributed by atoms with Crippen LogP contribution in [0.2, 0.25) is 0 Å². The Morgan fingerprint density at radius 2 is 1.59 bits per heavy atom.